The molecule has 1 aliphatic heterocycles. The molecule has 1 heteroatoms. The second-order valence-electron chi connectivity index (χ2n) is 4.81. The molecule has 0 spiro atoms. The van der Waals surface area contributed by atoms with Gasteiger partial charge in [0.25, 0.3) is 0 Å². The van der Waals surface area contributed by atoms with Crippen molar-refractivity contribution in [1.29, 1.82) is 0 Å². The summed E-state index contributed by atoms with van der Waals surface area (Å²) in [5, 5.41) is 0. The zero-order valence-corrected chi connectivity index (χ0v) is 8.28. The Morgan fingerprint density at radius 3 is 2.09 bits per heavy atom. The van der Waals surface area contributed by atoms with E-state index in [-0.39, 0.29) is 5.54 Å². The molecule has 0 bridgehead atoms. The van der Waals surface area contributed by atoms with Crippen molar-refractivity contribution in [3.05, 3.63) is 7.05 Å². The van der Waals surface area contributed by atoms with Crippen LogP contribution < -0.4 is 0 Å². The van der Waals surface area contributed by atoms with Gasteiger partial charge in [0.05, 0.1) is 0 Å². The summed E-state index contributed by atoms with van der Waals surface area (Å²) in [7, 11) is 4.08. The van der Waals surface area contributed by atoms with Crippen LogP contribution in [0.2, 0.25) is 0 Å². The Hall–Kier alpha value is -0.0400. The first-order valence-electron chi connectivity index (χ1n) is 4.46. The number of nitrogens with zero attached hydrogens (tertiary/aromatic N) is 1. The molecule has 0 N–H and O–H groups in total. The fourth-order valence-electron chi connectivity index (χ4n) is 1.73. The summed E-state index contributed by atoms with van der Waals surface area (Å²) in [6, 6.07) is 0. The van der Waals surface area contributed by atoms with Gasteiger partial charge >= 0.3 is 0 Å². The van der Waals surface area contributed by atoms with Crippen LogP contribution in [-0.4, -0.2) is 17.0 Å². The van der Waals surface area contributed by atoms with Crippen molar-refractivity contribution in [3.63, 3.8) is 0 Å². The summed E-state index contributed by atoms with van der Waals surface area (Å²) in [5.74, 6) is 0. The summed E-state index contributed by atoms with van der Waals surface area (Å²) in [6.07, 6.45) is 2.62. The Balaban J connectivity index is 2.82. The van der Waals surface area contributed by atoms with Crippen LogP contribution in [0.1, 0.15) is 40.5 Å². The van der Waals surface area contributed by atoms with E-state index in [9.17, 15) is 0 Å². The van der Waals surface area contributed by atoms with E-state index in [0.717, 1.165) is 6.54 Å². The normalized spacial score (nSPS) is 30.3. The van der Waals surface area contributed by atoms with E-state index in [2.05, 4.69) is 39.6 Å². The standard InChI is InChI=1S/C10H20N/c1-9(2)7-6-8-11(5)10(9,3)4/h5-8H2,1-4H3. The highest BCUT2D eigenvalue weighted by Gasteiger charge is 2.42. The number of piperidine rings is 1. The molecule has 1 heterocycles. The van der Waals surface area contributed by atoms with Gasteiger partial charge < -0.3 is 0 Å². The van der Waals surface area contributed by atoms with Gasteiger partial charge in [0, 0.05) is 12.6 Å². The van der Waals surface area contributed by atoms with Crippen LogP contribution in [-0.2, 0) is 0 Å². The van der Waals surface area contributed by atoms with Crippen molar-refractivity contribution >= 4 is 0 Å². The van der Waals surface area contributed by atoms with Crippen molar-refractivity contribution in [1.82, 2.24) is 4.90 Å². The zero-order chi connectivity index (χ0) is 8.70. The summed E-state index contributed by atoms with van der Waals surface area (Å²) < 4.78 is 0. The number of rotatable bonds is 0. The molecule has 0 aromatic rings. The van der Waals surface area contributed by atoms with Crippen molar-refractivity contribution in [2.75, 3.05) is 6.54 Å². The predicted molar refractivity (Wildman–Crippen MR) is 49.2 cm³/mol. The zero-order valence-electron chi connectivity index (χ0n) is 8.28. The third kappa shape index (κ3) is 1.31. The van der Waals surface area contributed by atoms with Gasteiger partial charge in [-0.05, 0) is 38.6 Å². The highest BCUT2D eigenvalue weighted by atomic mass is 15.2. The van der Waals surface area contributed by atoms with Crippen molar-refractivity contribution in [2.24, 2.45) is 5.41 Å². The van der Waals surface area contributed by atoms with Crippen molar-refractivity contribution in [3.8, 4) is 0 Å². The highest BCUT2D eigenvalue weighted by Crippen LogP contribution is 2.42. The van der Waals surface area contributed by atoms with Crippen LogP contribution in [0.5, 0.6) is 0 Å². The van der Waals surface area contributed by atoms with Crippen LogP contribution in [0.4, 0.5) is 0 Å². The molecule has 11 heavy (non-hydrogen) atoms. The Labute approximate surface area is 70.8 Å². The lowest BCUT2D eigenvalue weighted by molar-refractivity contribution is 0.000554. The first kappa shape index (κ1) is 9.05. The molecule has 0 atom stereocenters. The molecule has 0 amide bonds. The molecule has 0 aliphatic carbocycles. The summed E-state index contributed by atoms with van der Waals surface area (Å²) in [6.45, 7) is 10.4. The van der Waals surface area contributed by atoms with E-state index in [4.69, 9.17) is 0 Å². The third-order valence-electron chi connectivity index (χ3n) is 3.68. The van der Waals surface area contributed by atoms with Gasteiger partial charge in [0.15, 0.2) is 0 Å². The van der Waals surface area contributed by atoms with Gasteiger partial charge in [-0.2, -0.15) is 0 Å². The topological polar surface area (TPSA) is 3.24 Å². The molecule has 0 unspecified atom stereocenters. The molecular weight excluding hydrogens is 134 g/mol. The monoisotopic (exact) mass is 154 g/mol. The van der Waals surface area contributed by atoms with Gasteiger partial charge in [-0.3, -0.25) is 4.90 Å². The Morgan fingerprint density at radius 1 is 1.18 bits per heavy atom. The highest BCUT2D eigenvalue weighted by molar-refractivity contribution is 4.98. The predicted octanol–water partition coefficient (Wildman–Crippen LogP) is 2.68. The van der Waals surface area contributed by atoms with E-state index in [1.807, 2.05) is 0 Å². The van der Waals surface area contributed by atoms with E-state index < -0.39 is 0 Å². The molecule has 1 fully saturated rings. The van der Waals surface area contributed by atoms with Gasteiger partial charge in [-0.1, -0.05) is 13.8 Å². The fraction of sp³-hybridized carbons (Fsp3) is 0.900. The van der Waals surface area contributed by atoms with Gasteiger partial charge in [-0.25, -0.2) is 0 Å². The average molecular weight is 154 g/mol. The number of hydrogen-bond donors (Lipinski definition) is 0. The Kier molecular flexibility index (Phi) is 2.04. The van der Waals surface area contributed by atoms with E-state index in [1.54, 1.807) is 0 Å². The molecule has 1 radical (unpaired) electrons. The maximum atomic E-state index is 4.08. The summed E-state index contributed by atoms with van der Waals surface area (Å²) >= 11 is 0. The second kappa shape index (κ2) is 2.48. The number of likely N-dealkylation sites (tertiary alicyclic amines) is 1. The minimum atomic E-state index is 0.255. The minimum absolute atomic E-state index is 0.255. The lowest BCUT2D eigenvalue weighted by atomic mass is 9.68. The van der Waals surface area contributed by atoms with Gasteiger partial charge in [0.2, 0.25) is 0 Å². The van der Waals surface area contributed by atoms with Crippen LogP contribution in [0, 0.1) is 12.5 Å². The van der Waals surface area contributed by atoms with Crippen LogP contribution in [0.15, 0.2) is 0 Å². The number of hydrogen-bond acceptors (Lipinski definition) is 1. The lowest BCUT2D eigenvalue weighted by Crippen LogP contribution is -2.54. The molecule has 0 aromatic carbocycles. The van der Waals surface area contributed by atoms with E-state index in [1.165, 1.54) is 12.8 Å². The summed E-state index contributed by atoms with van der Waals surface area (Å²) in [4.78, 5) is 2.23. The quantitative estimate of drug-likeness (QED) is 0.518. The summed E-state index contributed by atoms with van der Waals surface area (Å²) in [5.41, 5.74) is 0.665. The molecule has 0 aromatic heterocycles. The van der Waals surface area contributed by atoms with Crippen molar-refractivity contribution < 1.29 is 0 Å². The fourth-order valence-corrected chi connectivity index (χ4v) is 1.73. The second-order valence-corrected chi connectivity index (χ2v) is 4.81. The smallest absolute Gasteiger partial charge is 0.0204 e. The van der Waals surface area contributed by atoms with Gasteiger partial charge in [-0.15, -0.1) is 0 Å². The Morgan fingerprint density at radius 2 is 1.73 bits per heavy atom. The molecule has 65 valence electrons. The average Bonchev–Trinajstić information content (AvgIpc) is 1.84. The first-order valence-corrected chi connectivity index (χ1v) is 4.46. The van der Waals surface area contributed by atoms with Crippen LogP contribution >= 0.6 is 0 Å². The minimum Gasteiger partial charge on any atom is -0.296 e. The first-order chi connectivity index (χ1) is 4.88. The molecule has 1 saturated heterocycles. The van der Waals surface area contributed by atoms with Crippen LogP contribution in [0.25, 0.3) is 0 Å². The van der Waals surface area contributed by atoms with Crippen molar-refractivity contribution in [2.45, 2.75) is 46.1 Å². The third-order valence-corrected chi connectivity index (χ3v) is 3.68. The lowest BCUT2D eigenvalue weighted by Gasteiger charge is -2.52. The maximum absolute atomic E-state index is 4.08. The molecule has 1 nitrogen and oxygen atoms in total. The Bertz CT molecular complexity index is 147. The van der Waals surface area contributed by atoms with Gasteiger partial charge in [0.1, 0.15) is 0 Å². The maximum Gasteiger partial charge on any atom is 0.0204 e. The van der Waals surface area contributed by atoms with Crippen LogP contribution in [0.3, 0.4) is 0 Å². The molecular formula is C10H20N. The molecule has 0 saturated carbocycles. The molecule has 1 rings (SSSR count). The SMILES string of the molecule is [CH2]N1CCCC(C)(C)C1(C)C. The largest absolute Gasteiger partial charge is 0.296 e. The van der Waals surface area contributed by atoms with E-state index in [0.29, 0.717) is 5.41 Å². The van der Waals surface area contributed by atoms with E-state index >= 15 is 0 Å². The molecule has 1 aliphatic rings.